The lowest BCUT2D eigenvalue weighted by Crippen LogP contribution is -2.04. The number of benzene rings is 2. The van der Waals surface area contributed by atoms with Crippen LogP contribution in [0.2, 0.25) is 0 Å². The monoisotopic (exact) mass is 418 g/mol. The summed E-state index contributed by atoms with van der Waals surface area (Å²) in [5.41, 5.74) is 5.85. The van der Waals surface area contributed by atoms with E-state index in [1.807, 2.05) is 17.6 Å². The van der Waals surface area contributed by atoms with Crippen LogP contribution in [0.25, 0.3) is 28.7 Å². The van der Waals surface area contributed by atoms with E-state index in [4.69, 9.17) is 14.0 Å². The molecular formula is C23H22N4O4. The van der Waals surface area contributed by atoms with Gasteiger partial charge >= 0.3 is 5.97 Å². The van der Waals surface area contributed by atoms with Crippen LogP contribution in [-0.4, -0.2) is 39.9 Å². The Hall–Kier alpha value is -3.94. The molecule has 0 radical (unpaired) electrons. The number of para-hydroxylation sites is 1. The zero-order valence-electron chi connectivity index (χ0n) is 18.0. The number of ether oxygens (including phenoxy) is 2. The van der Waals surface area contributed by atoms with Gasteiger partial charge in [-0.1, -0.05) is 23.4 Å². The van der Waals surface area contributed by atoms with Gasteiger partial charge in [0, 0.05) is 5.56 Å². The van der Waals surface area contributed by atoms with E-state index in [1.54, 1.807) is 24.5 Å². The van der Waals surface area contributed by atoms with Gasteiger partial charge in [-0.25, -0.2) is 9.78 Å². The number of esters is 1. The lowest BCUT2D eigenvalue weighted by molar-refractivity contribution is 0.0597. The van der Waals surface area contributed by atoms with Crippen molar-refractivity contribution in [3.8, 4) is 34.4 Å². The smallest absolute Gasteiger partial charge is 0.341 e. The largest absolute Gasteiger partial charge is 0.496 e. The van der Waals surface area contributed by atoms with E-state index in [9.17, 15) is 4.79 Å². The molecule has 0 amide bonds. The Labute approximate surface area is 179 Å². The third-order valence-corrected chi connectivity index (χ3v) is 5.18. The Kier molecular flexibility index (Phi) is 5.29. The maximum atomic E-state index is 11.9. The number of carbonyl (C=O) groups is 1. The molecule has 0 bridgehead atoms. The van der Waals surface area contributed by atoms with Crippen molar-refractivity contribution in [1.29, 1.82) is 0 Å². The number of aromatic nitrogens is 4. The number of hydrogen-bond donors (Lipinski definition) is 0. The number of methoxy groups -OCH3 is 2. The van der Waals surface area contributed by atoms with E-state index in [-0.39, 0.29) is 0 Å². The average molecular weight is 418 g/mol. The highest BCUT2D eigenvalue weighted by atomic mass is 16.5. The van der Waals surface area contributed by atoms with Crippen LogP contribution < -0.4 is 4.74 Å². The minimum atomic E-state index is -0.482. The number of carbonyl (C=O) groups excluding carboxylic acids is 1. The summed E-state index contributed by atoms with van der Waals surface area (Å²) in [5, 5.41) is 4.08. The van der Waals surface area contributed by atoms with Gasteiger partial charge in [-0.3, -0.25) is 0 Å². The molecule has 0 aliphatic rings. The summed E-state index contributed by atoms with van der Waals surface area (Å²) in [6, 6.07) is 11.2. The van der Waals surface area contributed by atoms with Gasteiger partial charge in [0.2, 0.25) is 5.82 Å². The van der Waals surface area contributed by atoms with Gasteiger partial charge in [0.05, 0.1) is 25.6 Å². The SMILES string of the molecule is COC(=O)c1ccc(-c2noc(-c3ncn(-c4c(C)cccc4C)c3C)n2)cc1OC. The Morgan fingerprint density at radius 2 is 1.81 bits per heavy atom. The first-order chi connectivity index (χ1) is 14.9. The molecule has 0 aliphatic carbocycles. The van der Waals surface area contributed by atoms with Crippen LogP contribution in [-0.2, 0) is 4.74 Å². The van der Waals surface area contributed by atoms with Crippen LogP contribution in [0.5, 0.6) is 5.75 Å². The van der Waals surface area contributed by atoms with Crippen molar-refractivity contribution in [2.45, 2.75) is 20.8 Å². The fourth-order valence-corrected chi connectivity index (χ4v) is 3.58. The molecule has 0 saturated carbocycles. The number of hydrogen-bond acceptors (Lipinski definition) is 7. The van der Waals surface area contributed by atoms with Crippen molar-refractivity contribution in [3.63, 3.8) is 0 Å². The molecule has 2 heterocycles. The third kappa shape index (κ3) is 3.56. The molecule has 0 spiro atoms. The molecule has 8 heteroatoms. The standard InChI is InChI=1S/C23H22N4O4/c1-13-7-6-8-14(2)20(13)27-12-24-19(15(27)3)22-25-21(26-31-22)16-9-10-17(23(28)30-5)18(11-16)29-4/h6-12H,1-5H3. The first-order valence-corrected chi connectivity index (χ1v) is 9.66. The molecule has 158 valence electrons. The first kappa shape index (κ1) is 20.3. The van der Waals surface area contributed by atoms with E-state index in [1.165, 1.54) is 14.2 Å². The van der Waals surface area contributed by atoms with Gasteiger partial charge in [0.1, 0.15) is 23.3 Å². The summed E-state index contributed by atoms with van der Waals surface area (Å²) in [7, 11) is 2.80. The highest BCUT2D eigenvalue weighted by molar-refractivity contribution is 5.93. The van der Waals surface area contributed by atoms with Crippen LogP contribution >= 0.6 is 0 Å². The Morgan fingerprint density at radius 3 is 2.48 bits per heavy atom. The van der Waals surface area contributed by atoms with Crippen molar-refractivity contribution >= 4 is 5.97 Å². The lowest BCUT2D eigenvalue weighted by atomic mass is 10.1. The zero-order chi connectivity index (χ0) is 22.1. The van der Waals surface area contributed by atoms with Crippen molar-refractivity contribution < 1.29 is 18.8 Å². The average Bonchev–Trinajstić information content (AvgIpc) is 3.40. The fourth-order valence-electron chi connectivity index (χ4n) is 3.58. The van der Waals surface area contributed by atoms with E-state index in [0.29, 0.717) is 34.3 Å². The predicted octanol–water partition coefficient (Wildman–Crippen LogP) is 4.31. The Morgan fingerprint density at radius 1 is 1.06 bits per heavy atom. The summed E-state index contributed by atoms with van der Waals surface area (Å²) < 4.78 is 17.6. The van der Waals surface area contributed by atoms with Gasteiger partial charge < -0.3 is 18.6 Å². The maximum absolute atomic E-state index is 11.9. The molecule has 4 aromatic rings. The second-order valence-corrected chi connectivity index (χ2v) is 7.12. The number of rotatable bonds is 5. The molecule has 0 aliphatic heterocycles. The quantitative estimate of drug-likeness (QED) is 0.446. The summed E-state index contributed by atoms with van der Waals surface area (Å²) in [6.07, 6.45) is 1.76. The Balaban J connectivity index is 1.71. The molecule has 0 unspecified atom stereocenters. The number of imidazole rings is 1. The first-order valence-electron chi connectivity index (χ1n) is 9.66. The Bertz CT molecular complexity index is 1250. The fraction of sp³-hybridized carbons (Fsp3) is 0.217. The van der Waals surface area contributed by atoms with Crippen LogP contribution in [0.3, 0.4) is 0 Å². The second-order valence-electron chi connectivity index (χ2n) is 7.12. The summed E-state index contributed by atoms with van der Waals surface area (Å²) in [5.74, 6) is 0.565. The lowest BCUT2D eigenvalue weighted by Gasteiger charge is -2.12. The highest BCUT2D eigenvalue weighted by Crippen LogP contribution is 2.30. The molecule has 2 aromatic heterocycles. The normalized spacial score (nSPS) is 10.9. The molecule has 31 heavy (non-hydrogen) atoms. The molecule has 0 fully saturated rings. The van der Waals surface area contributed by atoms with Crippen LogP contribution in [0.15, 0.2) is 47.2 Å². The molecule has 0 atom stereocenters. The molecule has 8 nitrogen and oxygen atoms in total. The van der Waals surface area contributed by atoms with Crippen LogP contribution in [0.1, 0.15) is 27.2 Å². The predicted molar refractivity (Wildman–Crippen MR) is 114 cm³/mol. The maximum Gasteiger partial charge on any atom is 0.341 e. The van der Waals surface area contributed by atoms with Crippen molar-refractivity contribution in [1.82, 2.24) is 19.7 Å². The van der Waals surface area contributed by atoms with E-state index in [2.05, 4.69) is 41.1 Å². The summed E-state index contributed by atoms with van der Waals surface area (Å²) >= 11 is 0. The van der Waals surface area contributed by atoms with Crippen LogP contribution in [0, 0.1) is 20.8 Å². The van der Waals surface area contributed by atoms with E-state index >= 15 is 0 Å². The topological polar surface area (TPSA) is 92.3 Å². The number of aryl methyl sites for hydroxylation is 2. The van der Waals surface area contributed by atoms with Gasteiger partial charge in [-0.05, 0) is 50.1 Å². The van der Waals surface area contributed by atoms with E-state index in [0.717, 1.165) is 22.5 Å². The van der Waals surface area contributed by atoms with Gasteiger partial charge in [-0.2, -0.15) is 4.98 Å². The third-order valence-electron chi connectivity index (χ3n) is 5.18. The minimum absolute atomic E-state index is 0.313. The minimum Gasteiger partial charge on any atom is -0.496 e. The van der Waals surface area contributed by atoms with Crippen molar-refractivity contribution in [2.24, 2.45) is 0 Å². The second kappa shape index (κ2) is 8.06. The highest BCUT2D eigenvalue weighted by Gasteiger charge is 2.20. The molecular weight excluding hydrogens is 396 g/mol. The van der Waals surface area contributed by atoms with Gasteiger partial charge in [0.25, 0.3) is 5.89 Å². The number of nitrogens with zero attached hydrogens (tertiary/aromatic N) is 4. The summed E-state index contributed by atoms with van der Waals surface area (Å²) in [4.78, 5) is 20.9. The van der Waals surface area contributed by atoms with Crippen molar-refractivity contribution in [3.05, 3.63) is 65.1 Å². The van der Waals surface area contributed by atoms with Gasteiger partial charge in [-0.15, -0.1) is 0 Å². The van der Waals surface area contributed by atoms with Crippen molar-refractivity contribution in [2.75, 3.05) is 14.2 Å². The molecule has 4 rings (SSSR count). The summed E-state index contributed by atoms with van der Waals surface area (Å²) in [6.45, 7) is 6.10. The molecule has 0 saturated heterocycles. The van der Waals surface area contributed by atoms with Crippen LogP contribution in [0.4, 0.5) is 0 Å². The van der Waals surface area contributed by atoms with E-state index < -0.39 is 5.97 Å². The van der Waals surface area contributed by atoms with Gasteiger partial charge in [0.15, 0.2) is 0 Å². The molecule has 2 aromatic carbocycles. The molecule has 0 N–H and O–H groups in total. The zero-order valence-corrected chi connectivity index (χ0v) is 18.0.